The standard InChI is InChI=1S/C16H21NO.Y/c18-14-7-3-6-11-13-8-9-17-16(13)12-5-2-1-4-10(12)15(11)14;/h5,10,12-13,16H,1-4,6-9H2;/q-2;/t10-,12?,13?,16-;/m1./s1. The number of ketones is 1. The van der Waals surface area contributed by atoms with Crippen LogP contribution < -0.4 is 0 Å². The summed E-state index contributed by atoms with van der Waals surface area (Å²) in [6.07, 6.45) is 10.5. The van der Waals surface area contributed by atoms with Crippen molar-refractivity contribution in [2.75, 3.05) is 6.54 Å². The van der Waals surface area contributed by atoms with Gasteiger partial charge in [-0.05, 0) is 30.3 Å². The first-order valence-electron chi connectivity index (χ1n) is 7.62. The van der Waals surface area contributed by atoms with Crippen molar-refractivity contribution in [1.29, 1.82) is 0 Å². The van der Waals surface area contributed by atoms with Crippen LogP contribution in [0.2, 0.25) is 0 Å². The van der Waals surface area contributed by atoms with Gasteiger partial charge in [-0.25, -0.2) is 0 Å². The molecule has 0 amide bonds. The van der Waals surface area contributed by atoms with Crippen molar-refractivity contribution in [2.24, 2.45) is 17.8 Å². The number of hydrogen-bond acceptors (Lipinski definition) is 1. The molecule has 1 saturated heterocycles. The normalized spacial score (nSPS) is 41.2. The van der Waals surface area contributed by atoms with Gasteiger partial charge in [0.1, 0.15) is 0 Å². The van der Waals surface area contributed by atoms with Gasteiger partial charge in [0.25, 0.3) is 0 Å². The third-order valence-corrected chi connectivity index (χ3v) is 5.52. The fourth-order valence-corrected chi connectivity index (χ4v) is 4.87. The summed E-state index contributed by atoms with van der Waals surface area (Å²) >= 11 is 0. The van der Waals surface area contributed by atoms with Crippen molar-refractivity contribution in [3.63, 3.8) is 0 Å². The fraction of sp³-hybridized carbons (Fsp3) is 0.750. The van der Waals surface area contributed by atoms with E-state index in [0.29, 0.717) is 29.6 Å². The van der Waals surface area contributed by atoms with E-state index in [0.717, 1.165) is 19.4 Å². The molecule has 0 bridgehead atoms. The molecule has 0 spiro atoms. The van der Waals surface area contributed by atoms with Gasteiger partial charge in [0.2, 0.25) is 0 Å². The van der Waals surface area contributed by atoms with Crippen LogP contribution in [0.25, 0.3) is 5.32 Å². The van der Waals surface area contributed by atoms with E-state index in [1.807, 2.05) is 0 Å². The molecular weight excluding hydrogens is 311 g/mol. The molecule has 1 aliphatic heterocycles. The van der Waals surface area contributed by atoms with Crippen LogP contribution in [0.5, 0.6) is 0 Å². The molecule has 0 N–H and O–H groups in total. The average Bonchev–Trinajstić information content (AvgIpc) is 2.88. The molecule has 1 saturated carbocycles. The average molecular weight is 332 g/mol. The second kappa shape index (κ2) is 5.69. The van der Waals surface area contributed by atoms with Crippen LogP contribution in [0.1, 0.15) is 44.9 Å². The molecule has 1 heterocycles. The van der Waals surface area contributed by atoms with Crippen LogP contribution in [0, 0.1) is 24.2 Å². The van der Waals surface area contributed by atoms with Gasteiger partial charge in [-0.1, -0.05) is 24.8 Å². The van der Waals surface area contributed by atoms with Crippen molar-refractivity contribution in [3.8, 4) is 0 Å². The summed E-state index contributed by atoms with van der Waals surface area (Å²) in [5.41, 5.74) is 2.81. The molecular formula is C16H21NOY-2. The number of Topliss-reactive ketones (excluding diaryl/α,β-unsaturated/α-hetero) is 1. The second-order valence-electron chi connectivity index (χ2n) is 6.36. The third-order valence-electron chi connectivity index (χ3n) is 5.52. The largest absolute Gasteiger partial charge is 0.661 e. The van der Waals surface area contributed by atoms with Crippen LogP contribution in [0.15, 0.2) is 11.1 Å². The van der Waals surface area contributed by atoms with Gasteiger partial charge in [-0.3, -0.25) is 4.79 Å². The third kappa shape index (κ3) is 2.22. The molecule has 3 heteroatoms. The molecule has 0 aromatic rings. The van der Waals surface area contributed by atoms with Crippen LogP contribution in [0.4, 0.5) is 0 Å². The van der Waals surface area contributed by atoms with Crippen LogP contribution >= 0.6 is 0 Å². The molecule has 4 aliphatic rings. The van der Waals surface area contributed by atoms with Crippen molar-refractivity contribution in [3.05, 3.63) is 22.9 Å². The Bertz CT molecular complexity index is 417. The van der Waals surface area contributed by atoms with E-state index in [1.165, 1.54) is 43.3 Å². The Morgan fingerprint density at radius 1 is 1.11 bits per heavy atom. The zero-order valence-corrected chi connectivity index (χ0v) is 14.3. The van der Waals surface area contributed by atoms with Gasteiger partial charge in [-0.2, -0.15) is 18.4 Å². The SMILES string of the molecule is O=C1CCCC2=C1[C@@H]1CCC[CH-]C1[C@H]1[N-]CCC21.[Y]. The molecule has 0 aromatic heterocycles. The first-order valence-corrected chi connectivity index (χ1v) is 7.62. The minimum atomic E-state index is 0. The summed E-state index contributed by atoms with van der Waals surface area (Å²) in [6, 6.07) is 0.528. The fourth-order valence-electron chi connectivity index (χ4n) is 4.87. The molecule has 1 radical (unpaired) electrons. The number of carbonyl (C=O) groups is 1. The molecule has 2 fully saturated rings. The Morgan fingerprint density at radius 2 is 2.00 bits per heavy atom. The Kier molecular flexibility index (Phi) is 4.32. The van der Waals surface area contributed by atoms with Crippen LogP contribution in [0.3, 0.4) is 0 Å². The van der Waals surface area contributed by atoms with E-state index in [2.05, 4.69) is 6.42 Å². The van der Waals surface area contributed by atoms with Gasteiger partial charge in [0, 0.05) is 39.1 Å². The predicted octanol–water partition coefficient (Wildman–Crippen LogP) is 3.43. The zero-order chi connectivity index (χ0) is 12.1. The number of rotatable bonds is 0. The smallest absolute Gasteiger partial charge is 0.159 e. The topological polar surface area (TPSA) is 31.2 Å². The zero-order valence-electron chi connectivity index (χ0n) is 11.5. The Labute approximate surface area is 141 Å². The number of carbonyl (C=O) groups excluding carboxylic acids is 1. The predicted molar refractivity (Wildman–Crippen MR) is 71.1 cm³/mol. The Balaban J connectivity index is 0.00000110. The van der Waals surface area contributed by atoms with E-state index in [4.69, 9.17) is 5.32 Å². The number of nitrogens with zero attached hydrogens (tertiary/aromatic N) is 1. The first-order chi connectivity index (χ1) is 8.86. The van der Waals surface area contributed by atoms with Crippen molar-refractivity contribution in [1.82, 2.24) is 0 Å². The molecule has 19 heavy (non-hydrogen) atoms. The first kappa shape index (κ1) is 14.4. The van der Waals surface area contributed by atoms with Gasteiger partial charge in [-0.15, -0.1) is 6.54 Å². The molecule has 4 atom stereocenters. The monoisotopic (exact) mass is 332 g/mol. The van der Waals surface area contributed by atoms with Crippen LogP contribution in [-0.4, -0.2) is 18.4 Å². The molecule has 101 valence electrons. The van der Waals surface area contributed by atoms with E-state index in [1.54, 1.807) is 0 Å². The summed E-state index contributed by atoms with van der Waals surface area (Å²) in [7, 11) is 0. The van der Waals surface area contributed by atoms with E-state index < -0.39 is 0 Å². The summed E-state index contributed by atoms with van der Waals surface area (Å²) in [6.45, 7) is 1.03. The number of allylic oxidation sites excluding steroid dienone is 1. The van der Waals surface area contributed by atoms with Crippen LogP contribution in [-0.2, 0) is 37.5 Å². The van der Waals surface area contributed by atoms with Gasteiger partial charge >= 0.3 is 0 Å². The van der Waals surface area contributed by atoms with Gasteiger partial charge in [0.05, 0.1) is 0 Å². The minimum absolute atomic E-state index is 0. The summed E-state index contributed by atoms with van der Waals surface area (Å²) in [5, 5.41) is 4.88. The molecule has 3 aliphatic carbocycles. The van der Waals surface area contributed by atoms with E-state index in [-0.39, 0.29) is 32.7 Å². The maximum atomic E-state index is 12.4. The summed E-state index contributed by atoms with van der Waals surface area (Å²) in [4.78, 5) is 12.4. The summed E-state index contributed by atoms with van der Waals surface area (Å²) in [5.74, 6) is 2.23. The van der Waals surface area contributed by atoms with Crippen molar-refractivity contribution in [2.45, 2.75) is 51.0 Å². The molecule has 0 aromatic carbocycles. The Morgan fingerprint density at radius 3 is 2.89 bits per heavy atom. The maximum Gasteiger partial charge on any atom is 0.159 e. The molecule has 2 nitrogen and oxygen atoms in total. The van der Waals surface area contributed by atoms with Crippen molar-refractivity contribution < 1.29 is 37.5 Å². The molecule has 4 rings (SSSR count). The number of hydrogen-bond donors (Lipinski definition) is 0. The summed E-state index contributed by atoms with van der Waals surface area (Å²) < 4.78 is 0. The second-order valence-corrected chi connectivity index (χ2v) is 6.36. The maximum absolute atomic E-state index is 12.4. The Hall–Kier alpha value is 0.474. The van der Waals surface area contributed by atoms with E-state index in [9.17, 15) is 4.79 Å². The van der Waals surface area contributed by atoms with Crippen molar-refractivity contribution >= 4 is 5.78 Å². The number of fused-ring (bicyclic) bond motifs is 5. The van der Waals surface area contributed by atoms with Gasteiger partial charge in [0.15, 0.2) is 5.78 Å². The quantitative estimate of drug-likeness (QED) is 0.625. The molecule has 2 unspecified atom stereocenters. The van der Waals surface area contributed by atoms with E-state index >= 15 is 0 Å². The van der Waals surface area contributed by atoms with Gasteiger partial charge < -0.3 is 11.7 Å². The minimum Gasteiger partial charge on any atom is -0.661 e.